The standard InChI is InChI=1S/C21H22N2O3/c1-23(17-11-12-25-14-17)21(24)16-8-9-19-18(13-16)22-20(26-19)10-7-15-5-3-2-4-6-15/h2-6,8-9,13,17H,7,10-12,14H2,1H3. The number of amides is 1. The van der Waals surface area contributed by atoms with Gasteiger partial charge in [0.1, 0.15) is 5.52 Å². The van der Waals surface area contributed by atoms with Crippen molar-refractivity contribution < 1.29 is 13.9 Å². The molecule has 1 aromatic heterocycles. The summed E-state index contributed by atoms with van der Waals surface area (Å²) in [7, 11) is 1.83. The van der Waals surface area contributed by atoms with Gasteiger partial charge < -0.3 is 14.1 Å². The van der Waals surface area contributed by atoms with Crippen molar-refractivity contribution in [3.05, 3.63) is 65.5 Å². The fourth-order valence-electron chi connectivity index (χ4n) is 3.31. The predicted molar refractivity (Wildman–Crippen MR) is 99.2 cm³/mol. The molecule has 4 rings (SSSR count). The van der Waals surface area contributed by atoms with Gasteiger partial charge in [0.15, 0.2) is 11.5 Å². The van der Waals surface area contributed by atoms with E-state index < -0.39 is 0 Å². The fourth-order valence-corrected chi connectivity index (χ4v) is 3.31. The van der Waals surface area contributed by atoms with Crippen LogP contribution in [0.4, 0.5) is 0 Å². The summed E-state index contributed by atoms with van der Waals surface area (Å²) in [4.78, 5) is 19.0. The zero-order valence-corrected chi connectivity index (χ0v) is 14.9. The molecule has 5 heteroatoms. The van der Waals surface area contributed by atoms with Crippen LogP contribution in [0.1, 0.15) is 28.2 Å². The molecular formula is C21H22N2O3. The first kappa shape index (κ1) is 16.8. The number of fused-ring (bicyclic) bond motifs is 1. The molecule has 1 atom stereocenters. The minimum absolute atomic E-state index is 0.00349. The van der Waals surface area contributed by atoms with Gasteiger partial charge in [-0.2, -0.15) is 0 Å². The highest BCUT2D eigenvalue weighted by atomic mass is 16.5. The number of rotatable bonds is 5. The van der Waals surface area contributed by atoms with Gasteiger partial charge in [-0.25, -0.2) is 4.98 Å². The number of aryl methyl sites for hydroxylation is 2. The Balaban J connectivity index is 1.49. The van der Waals surface area contributed by atoms with E-state index in [-0.39, 0.29) is 11.9 Å². The Hall–Kier alpha value is -2.66. The number of likely N-dealkylation sites (N-methyl/N-ethyl adjacent to an activating group) is 1. The van der Waals surface area contributed by atoms with Gasteiger partial charge in [-0.3, -0.25) is 4.79 Å². The molecule has 1 aliphatic rings. The number of oxazole rings is 1. The normalized spacial score (nSPS) is 16.9. The number of nitrogens with zero attached hydrogens (tertiary/aromatic N) is 2. The first-order valence-corrected chi connectivity index (χ1v) is 8.99. The average Bonchev–Trinajstić information content (AvgIpc) is 3.35. The fraction of sp³-hybridized carbons (Fsp3) is 0.333. The van der Waals surface area contributed by atoms with E-state index in [1.807, 2.05) is 43.4 Å². The van der Waals surface area contributed by atoms with E-state index in [0.717, 1.165) is 37.0 Å². The van der Waals surface area contributed by atoms with E-state index in [0.29, 0.717) is 18.1 Å². The summed E-state index contributed by atoms with van der Waals surface area (Å²) in [6.45, 7) is 1.33. The topological polar surface area (TPSA) is 55.6 Å². The Morgan fingerprint density at radius 3 is 2.81 bits per heavy atom. The van der Waals surface area contributed by atoms with Gasteiger partial charge in [-0.05, 0) is 36.6 Å². The third-order valence-electron chi connectivity index (χ3n) is 4.92. The molecule has 0 saturated carbocycles. The SMILES string of the molecule is CN(C(=O)c1ccc2oc(CCc3ccccc3)nc2c1)C1CCOC1. The van der Waals surface area contributed by atoms with E-state index in [9.17, 15) is 4.79 Å². The summed E-state index contributed by atoms with van der Waals surface area (Å²) in [6.07, 6.45) is 2.50. The van der Waals surface area contributed by atoms with Gasteiger partial charge in [0.25, 0.3) is 5.91 Å². The van der Waals surface area contributed by atoms with Crippen molar-refractivity contribution in [2.75, 3.05) is 20.3 Å². The lowest BCUT2D eigenvalue weighted by atomic mass is 10.1. The van der Waals surface area contributed by atoms with Gasteiger partial charge in [-0.1, -0.05) is 30.3 Å². The molecule has 2 aromatic carbocycles. The lowest BCUT2D eigenvalue weighted by Gasteiger charge is -2.23. The second kappa shape index (κ2) is 7.30. The number of carbonyl (C=O) groups excluding carboxylic acids is 1. The number of ether oxygens (including phenoxy) is 1. The predicted octanol–water partition coefficient (Wildman–Crippen LogP) is 3.47. The lowest BCUT2D eigenvalue weighted by Crippen LogP contribution is -2.37. The minimum atomic E-state index is -0.00349. The van der Waals surface area contributed by atoms with Gasteiger partial charge >= 0.3 is 0 Å². The highest BCUT2D eigenvalue weighted by Crippen LogP contribution is 2.21. The van der Waals surface area contributed by atoms with Crippen LogP contribution in [0.15, 0.2) is 52.9 Å². The van der Waals surface area contributed by atoms with Crippen LogP contribution in [0.2, 0.25) is 0 Å². The summed E-state index contributed by atoms with van der Waals surface area (Å²) >= 11 is 0. The second-order valence-electron chi connectivity index (χ2n) is 6.71. The van der Waals surface area contributed by atoms with Crippen LogP contribution in [-0.2, 0) is 17.6 Å². The maximum absolute atomic E-state index is 12.7. The number of hydrogen-bond donors (Lipinski definition) is 0. The van der Waals surface area contributed by atoms with Gasteiger partial charge in [0.2, 0.25) is 0 Å². The molecule has 2 heterocycles. The molecule has 5 nitrogen and oxygen atoms in total. The lowest BCUT2D eigenvalue weighted by molar-refractivity contribution is 0.0711. The summed E-state index contributed by atoms with van der Waals surface area (Å²) < 4.78 is 11.2. The second-order valence-corrected chi connectivity index (χ2v) is 6.71. The largest absolute Gasteiger partial charge is 0.441 e. The molecule has 0 radical (unpaired) electrons. The number of carbonyl (C=O) groups is 1. The maximum atomic E-state index is 12.7. The summed E-state index contributed by atoms with van der Waals surface area (Å²) in [5, 5.41) is 0. The van der Waals surface area contributed by atoms with E-state index in [2.05, 4.69) is 17.1 Å². The van der Waals surface area contributed by atoms with Crippen LogP contribution < -0.4 is 0 Å². The quantitative estimate of drug-likeness (QED) is 0.707. The molecule has 0 bridgehead atoms. The van der Waals surface area contributed by atoms with Crippen molar-refractivity contribution in [2.24, 2.45) is 0 Å². The highest BCUT2D eigenvalue weighted by molar-refractivity contribution is 5.97. The summed E-state index contributed by atoms with van der Waals surface area (Å²) in [5.74, 6) is 0.697. The third kappa shape index (κ3) is 3.48. The van der Waals surface area contributed by atoms with Crippen molar-refractivity contribution in [3.8, 4) is 0 Å². The Labute approximate surface area is 152 Å². The van der Waals surface area contributed by atoms with Crippen LogP contribution in [0.3, 0.4) is 0 Å². The van der Waals surface area contributed by atoms with Crippen molar-refractivity contribution in [2.45, 2.75) is 25.3 Å². The average molecular weight is 350 g/mol. The molecule has 1 fully saturated rings. The van der Waals surface area contributed by atoms with Gasteiger partial charge in [0.05, 0.1) is 12.6 Å². The number of hydrogen-bond acceptors (Lipinski definition) is 4. The molecule has 1 unspecified atom stereocenters. The first-order valence-electron chi connectivity index (χ1n) is 8.99. The third-order valence-corrected chi connectivity index (χ3v) is 4.92. The monoisotopic (exact) mass is 350 g/mol. The van der Waals surface area contributed by atoms with Crippen molar-refractivity contribution in [3.63, 3.8) is 0 Å². The smallest absolute Gasteiger partial charge is 0.254 e. The first-order chi connectivity index (χ1) is 12.7. The van der Waals surface area contributed by atoms with Crippen LogP contribution in [0.25, 0.3) is 11.1 Å². The summed E-state index contributed by atoms with van der Waals surface area (Å²) in [5.41, 5.74) is 3.34. The molecule has 0 aliphatic carbocycles. The molecule has 134 valence electrons. The van der Waals surface area contributed by atoms with Crippen molar-refractivity contribution in [1.29, 1.82) is 0 Å². The van der Waals surface area contributed by atoms with E-state index >= 15 is 0 Å². The van der Waals surface area contributed by atoms with Crippen LogP contribution in [0, 0.1) is 0 Å². The minimum Gasteiger partial charge on any atom is -0.441 e. The molecule has 26 heavy (non-hydrogen) atoms. The van der Waals surface area contributed by atoms with Crippen molar-refractivity contribution >= 4 is 17.0 Å². The zero-order valence-electron chi connectivity index (χ0n) is 14.9. The molecular weight excluding hydrogens is 328 g/mol. The van der Waals surface area contributed by atoms with E-state index in [1.165, 1.54) is 5.56 Å². The molecule has 1 saturated heterocycles. The Kier molecular flexibility index (Phi) is 4.71. The van der Waals surface area contributed by atoms with Crippen molar-refractivity contribution in [1.82, 2.24) is 9.88 Å². The highest BCUT2D eigenvalue weighted by Gasteiger charge is 2.25. The van der Waals surface area contributed by atoms with E-state index in [1.54, 1.807) is 4.90 Å². The summed E-state index contributed by atoms with van der Waals surface area (Å²) in [6, 6.07) is 15.9. The zero-order chi connectivity index (χ0) is 17.9. The maximum Gasteiger partial charge on any atom is 0.254 e. The van der Waals surface area contributed by atoms with Gasteiger partial charge in [0, 0.05) is 25.6 Å². The molecule has 1 amide bonds. The number of aromatic nitrogens is 1. The number of benzene rings is 2. The van der Waals surface area contributed by atoms with Crippen LogP contribution in [0.5, 0.6) is 0 Å². The molecule has 0 spiro atoms. The molecule has 1 aliphatic heterocycles. The van der Waals surface area contributed by atoms with Gasteiger partial charge in [-0.15, -0.1) is 0 Å². The Bertz CT molecular complexity index is 898. The molecule has 3 aromatic rings. The molecule has 0 N–H and O–H groups in total. The Morgan fingerprint density at radius 2 is 2.04 bits per heavy atom. The van der Waals surface area contributed by atoms with Crippen LogP contribution >= 0.6 is 0 Å². The van der Waals surface area contributed by atoms with E-state index in [4.69, 9.17) is 9.15 Å². The Morgan fingerprint density at radius 1 is 1.19 bits per heavy atom. The van der Waals surface area contributed by atoms with Crippen LogP contribution in [-0.4, -0.2) is 42.1 Å².